The smallest absolute Gasteiger partial charge is 0.411 e. The number of hydrogen-bond acceptors (Lipinski definition) is 5. The Morgan fingerprint density at radius 3 is 2.61 bits per heavy atom. The number of benzene rings is 3. The van der Waals surface area contributed by atoms with Crippen molar-refractivity contribution >= 4 is 52.0 Å². The molecule has 0 radical (unpaired) electrons. The Morgan fingerprint density at radius 2 is 1.81 bits per heavy atom. The van der Waals surface area contributed by atoms with Crippen LogP contribution in [0.5, 0.6) is 0 Å². The predicted molar refractivity (Wildman–Crippen MR) is 120 cm³/mol. The molecule has 0 aliphatic heterocycles. The van der Waals surface area contributed by atoms with Crippen molar-refractivity contribution in [1.82, 2.24) is 9.97 Å². The molecule has 2 amide bonds. The van der Waals surface area contributed by atoms with Crippen LogP contribution in [0.25, 0.3) is 11.0 Å². The standard InChI is InChI=1S/C22H18ClN5O3/c23-15-8-14(20(29)25-16-6-7-18-19(11-16)28-21(24)27-18)9-17(10-15)26-22(30)31-12-13-4-2-1-3-5-13/h1-11H,12H2,(H,25,29)(H,26,30)(H3,24,27,28). The number of anilines is 3. The zero-order valence-electron chi connectivity index (χ0n) is 16.2. The van der Waals surface area contributed by atoms with Gasteiger partial charge in [0, 0.05) is 22.0 Å². The largest absolute Gasteiger partial charge is 0.444 e. The molecule has 8 nitrogen and oxygen atoms in total. The number of rotatable bonds is 5. The molecule has 0 saturated carbocycles. The molecule has 0 aliphatic carbocycles. The number of ether oxygens (including phenoxy) is 1. The lowest BCUT2D eigenvalue weighted by Gasteiger charge is -2.10. The van der Waals surface area contributed by atoms with Gasteiger partial charge in [-0.05, 0) is 42.0 Å². The summed E-state index contributed by atoms with van der Waals surface area (Å²) in [5.74, 6) is -0.0989. The fourth-order valence-electron chi connectivity index (χ4n) is 2.98. The van der Waals surface area contributed by atoms with Crippen molar-refractivity contribution in [3.8, 4) is 0 Å². The van der Waals surface area contributed by atoms with Crippen molar-refractivity contribution in [3.63, 3.8) is 0 Å². The number of fused-ring (bicyclic) bond motifs is 1. The number of imidazole rings is 1. The van der Waals surface area contributed by atoms with Gasteiger partial charge < -0.3 is 20.8 Å². The Balaban J connectivity index is 1.43. The summed E-state index contributed by atoms with van der Waals surface area (Å²) >= 11 is 6.14. The summed E-state index contributed by atoms with van der Waals surface area (Å²) in [6, 6.07) is 19.0. The van der Waals surface area contributed by atoms with E-state index < -0.39 is 12.0 Å². The van der Waals surface area contributed by atoms with Crippen LogP contribution in [-0.4, -0.2) is 22.0 Å². The molecule has 0 aliphatic rings. The lowest BCUT2D eigenvalue weighted by molar-refractivity contribution is 0.102. The van der Waals surface area contributed by atoms with Crippen LogP contribution >= 0.6 is 11.6 Å². The molecule has 31 heavy (non-hydrogen) atoms. The third-order valence-electron chi connectivity index (χ3n) is 4.38. The number of H-pyrrole nitrogens is 1. The van der Waals surface area contributed by atoms with Gasteiger partial charge in [0.15, 0.2) is 5.95 Å². The first-order valence-corrected chi connectivity index (χ1v) is 9.69. The van der Waals surface area contributed by atoms with Gasteiger partial charge in [0.25, 0.3) is 5.91 Å². The highest BCUT2D eigenvalue weighted by molar-refractivity contribution is 6.31. The molecule has 1 heterocycles. The fourth-order valence-corrected chi connectivity index (χ4v) is 3.22. The van der Waals surface area contributed by atoms with E-state index in [0.717, 1.165) is 5.56 Å². The van der Waals surface area contributed by atoms with E-state index in [1.165, 1.54) is 18.2 Å². The maximum absolute atomic E-state index is 12.7. The molecule has 156 valence electrons. The number of amides is 2. The molecule has 0 saturated heterocycles. The fraction of sp³-hybridized carbons (Fsp3) is 0.0455. The summed E-state index contributed by atoms with van der Waals surface area (Å²) in [5.41, 5.74) is 9.07. The molecule has 0 fully saturated rings. The van der Waals surface area contributed by atoms with Crippen molar-refractivity contribution < 1.29 is 14.3 Å². The van der Waals surface area contributed by atoms with Crippen LogP contribution in [0.4, 0.5) is 22.1 Å². The monoisotopic (exact) mass is 435 g/mol. The number of carbonyl (C=O) groups excluding carboxylic acids is 2. The first-order chi connectivity index (χ1) is 15.0. The molecule has 1 aromatic heterocycles. The Labute approximate surface area is 182 Å². The number of halogens is 1. The quantitative estimate of drug-likeness (QED) is 0.358. The van der Waals surface area contributed by atoms with Gasteiger partial charge in [-0.2, -0.15) is 0 Å². The molecule has 4 rings (SSSR count). The maximum atomic E-state index is 12.7. The van der Waals surface area contributed by atoms with E-state index in [-0.39, 0.29) is 12.2 Å². The van der Waals surface area contributed by atoms with E-state index in [4.69, 9.17) is 22.1 Å². The molecule has 0 spiro atoms. The van der Waals surface area contributed by atoms with Crippen LogP contribution in [0.15, 0.2) is 66.7 Å². The van der Waals surface area contributed by atoms with Gasteiger partial charge in [-0.25, -0.2) is 9.78 Å². The van der Waals surface area contributed by atoms with Crippen molar-refractivity contribution in [3.05, 3.63) is 82.9 Å². The van der Waals surface area contributed by atoms with Gasteiger partial charge in [0.05, 0.1) is 11.0 Å². The zero-order valence-corrected chi connectivity index (χ0v) is 16.9. The number of nitrogens with one attached hydrogen (secondary N) is 3. The molecule has 9 heteroatoms. The number of nitrogens with two attached hydrogens (primary N) is 1. The van der Waals surface area contributed by atoms with Crippen LogP contribution < -0.4 is 16.4 Å². The van der Waals surface area contributed by atoms with Crippen LogP contribution in [0.2, 0.25) is 5.02 Å². The summed E-state index contributed by atoms with van der Waals surface area (Å²) in [5, 5.41) is 5.66. The van der Waals surface area contributed by atoms with E-state index in [1.54, 1.807) is 18.2 Å². The summed E-state index contributed by atoms with van der Waals surface area (Å²) in [4.78, 5) is 31.8. The minimum absolute atomic E-state index is 0.126. The second kappa shape index (κ2) is 8.76. The maximum Gasteiger partial charge on any atom is 0.411 e. The van der Waals surface area contributed by atoms with Crippen LogP contribution in [0.3, 0.4) is 0 Å². The van der Waals surface area contributed by atoms with Gasteiger partial charge in [-0.1, -0.05) is 41.9 Å². The second-order valence-electron chi connectivity index (χ2n) is 6.72. The first-order valence-electron chi connectivity index (χ1n) is 9.31. The highest BCUT2D eigenvalue weighted by Crippen LogP contribution is 2.22. The summed E-state index contributed by atoms with van der Waals surface area (Å²) in [6.07, 6.45) is -0.653. The van der Waals surface area contributed by atoms with Crippen LogP contribution in [0.1, 0.15) is 15.9 Å². The molecule has 4 aromatic rings. The zero-order chi connectivity index (χ0) is 21.8. The molecule has 0 unspecified atom stereocenters. The van der Waals surface area contributed by atoms with Crippen molar-refractivity contribution in [2.24, 2.45) is 0 Å². The molecule has 5 N–H and O–H groups in total. The molecular weight excluding hydrogens is 418 g/mol. The summed E-state index contributed by atoms with van der Waals surface area (Å²) < 4.78 is 5.20. The molecule has 0 bridgehead atoms. The Bertz CT molecular complexity index is 1260. The number of nitrogen functional groups attached to an aromatic ring is 1. The predicted octanol–water partition coefficient (Wildman–Crippen LogP) is 4.80. The number of hydrogen-bond donors (Lipinski definition) is 4. The van der Waals surface area contributed by atoms with Crippen LogP contribution in [-0.2, 0) is 11.3 Å². The number of carbonyl (C=O) groups is 2. The van der Waals surface area contributed by atoms with E-state index in [0.29, 0.717) is 33.4 Å². The number of aromatic amines is 1. The van der Waals surface area contributed by atoms with E-state index in [9.17, 15) is 9.59 Å². The second-order valence-corrected chi connectivity index (χ2v) is 7.16. The average Bonchev–Trinajstić information content (AvgIpc) is 3.12. The summed E-state index contributed by atoms with van der Waals surface area (Å²) in [6.45, 7) is 0.126. The van der Waals surface area contributed by atoms with Gasteiger partial charge in [0.2, 0.25) is 0 Å². The lowest BCUT2D eigenvalue weighted by atomic mass is 10.1. The third-order valence-corrected chi connectivity index (χ3v) is 4.60. The van der Waals surface area contributed by atoms with Crippen molar-refractivity contribution in [2.45, 2.75) is 6.61 Å². The van der Waals surface area contributed by atoms with Gasteiger partial charge >= 0.3 is 6.09 Å². The normalized spacial score (nSPS) is 10.6. The van der Waals surface area contributed by atoms with Crippen LogP contribution in [0, 0.1) is 0 Å². The SMILES string of the molecule is Nc1nc2ccc(NC(=O)c3cc(Cl)cc(NC(=O)OCc4ccccc4)c3)cc2[nH]1. The van der Waals surface area contributed by atoms with E-state index >= 15 is 0 Å². The number of aromatic nitrogens is 2. The topological polar surface area (TPSA) is 122 Å². The third kappa shape index (κ3) is 5.12. The molecule has 3 aromatic carbocycles. The molecule has 0 atom stereocenters. The van der Waals surface area contributed by atoms with E-state index in [2.05, 4.69) is 20.6 Å². The van der Waals surface area contributed by atoms with E-state index in [1.807, 2.05) is 30.3 Å². The Morgan fingerprint density at radius 1 is 1.00 bits per heavy atom. The van der Waals surface area contributed by atoms with Gasteiger partial charge in [-0.15, -0.1) is 0 Å². The minimum Gasteiger partial charge on any atom is -0.444 e. The first kappa shape index (κ1) is 20.2. The lowest BCUT2D eigenvalue weighted by Crippen LogP contribution is -2.15. The van der Waals surface area contributed by atoms with Gasteiger partial charge in [0.1, 0.15) is 6.61 Å². The highest BCUT2D eigenvalue weighted by Gasteiger charge is 2.12. The number of nitrogens with zero attached hydrogens (tertiary/aromatic N) is 1. The average molecular weight is 436 g/mol. The minimum atomic E-state index is -0.653. The summed E-state index contributed by atoms with van der Waals surface area (Å²) in [7, 11) is 0. The Kier molecular flexibility index (Phi) is 5.72. The van der Waals surface area contributed by atoms with Crippen molar-refractivity contribution in [2.75, 3.05) is 16.4 Å². The van der Waals surface area contributed by atoms with Gasteiger partial charge in [-0.3, -0.25) is 10.1 Å². The highest BCUT2D eigenvalue weighted by atomic mass is 35.5. The molecular formula is C22H18ClN5O3. The Hall–Kier alpha value is -4.04. The van der Waals surface area contributed by atoms with Crippen molar-refractivity contribution in [1.29, 1.82) is 0 Å².